The van der Waals surface area contributed by atoms with Crippen molar-refractivity contribution < 1.29 is 36.9 Å². The number of carboxylic acids is 2. The van der Waals surface area contributed by atoms with E-state index >= 15 is 0 Å². The number of hydrogen-bond donors (Lipinski definition) is 0. The molecule has 0 heterocycles. The summed E-state index contributed by atoms with van der Waals surface area (Å²) in [5.41, 5.74) is 15.9. The third kappa shape index (κ3) is 6.02. The molecule has 1 radical (unpaired) electrons. The van der Waals surface area contributed by atoms with Crippen LogP contribution in [-0.2, 0) is 17.1 Å². The van der Waals surface area contributed by atoms with Crippen molar-refractivity contribution in [2.45, 2.75) is 13.8 Å². The molecule has 0 aromatic heterocycles. The van der Waals surface area contributed by atoms with Gasteiger partial charge < -0.3 is 31.3 Å². The standard InChI is InChI=1S/2C8H8NO2.Cu/c2*1-5-2-3-7(9)6(4-5)8(10)11;/h2*2-4,9H,1H3,(H,10,11);/q2*-1;+2/p-2. The molecule has 0 atom stereocenters. The number of aromatic carboxylic acids is 2. The van der Waals surface area contributed by atoms with Gasteiger partial charge in [-0.1, -0.05) is 47.5 Å². The van der Waals surface area contributed by atoms with Gasteiger partial charge in [0.05, 0.1) is 11.9 Å². The summed E-state index contributed by atoms with van der Waals surface area (Å²) in [6.45, 7) is 3.54. The van der Waals surface area contributed by atoms with E-state index in [1.807, 2.05) is 0 Å². The molecule has 0 saturated carbocycles. The minimum absolute atomic E-state index is 0. The van der Waals surface area contributed by atoms with Crippen molar-refractivity contribution in [1.29, 1.82) is 0 Å². The second-order valence-electron chi connectivity index (χ2n) is 4.67. The summed E-state index contributed by atoms with van der Waals surface area (Å²) in [7, 11) is 0. The maximum atomic E-state index is 10.3. The first-order chi connectivity index (χ1) is 10.2. The maximum absolute atomic E-state index is 10.3. The largest absolute Gasteiger partial charge is 2.00 e. The molecule has 23 heavy (non-hydrogen) atoms. The van der Waals surface area contributed by atoms with E-state index in [0.717, 1.165) is 11.1 Å². The van der Waals surface area contributed by atoms with E-state index in [4.69, 9.17) is 11.5 Å². The molecule has 0 spiro atoms. The van der Waals surface area contributed by atoms with Crippen molar-refractivity contribution >= 4 is 23.3 Å². The average molecular weight is 362 g/mol. The van der Waals surface area contributed by atoms with Crippen LogP contribution in [0.3, 0.4) is 0 Å². The zero-order chi connectivity index (χ0) is 16.9. The van der Waals surface area contributed by atoms with Gasteiger partial charge in [0.25, 0.3) is 0 Å². The Hall–Kier alpha value is -2.50. The number of aryl methyl sites for hydroxylation is 2. The number of carbonyl (C=O) groups is 2. The van der Waals surface area contributed by atoms with Gasteiger partial charge in [-0.05, 0) is 25.0 Å². The van der Waals surface area contributed by atoms with Crippen molar-refractivity contribution in [2.75, 3.05) is 0 Å². The third-order valence-corrected chi connectivity index (χ3v) is 2.79. The van der Waals surface area contributed by atoms with Gasteiger partial charge in [-0.15, -0.1) is 11.4 Å². The Morgan fingerprint density at radius 3 is 1.30 bits per heavy atom. The van der Waals surface area contributed by atoms with Crippen LogP contribution in [0.25, 0.3) is 11.5 Å². The van der Waals surface area contributed by atoms with Gasteiger partial charge >= 0.3 is 17.1 Å². The number of nitrogens with one attached hydrogen (secondary N) is 2. The second-order valence-corrected chi connectivity index (χ2v) is 4.67. The van der Waals surface area contributed by atoms with E-state index < -0.39 is 11.9 Å². The maximum Gasteiger partial charge on any atom is 2.00 e. The smallest absolute Gasteiger partial charge is 0.698 e. The fourth-order valence-electron chi connectivity index (χ4n) is 1.65. The minimum Gasteiger partial charge on any atom is -0.698 e. The summed E-state index contributed by atoms with van der Waals surface area (Å²) in [4.78, 5) is 20.7. The average Bonchev–Trinajstić information content (AvgIpc) is 2.44. The van der Waals surface area contributed by atoms with Gasteiger partial charge in [-0.2, -0.15) is 0 Å². The normalized spacial score (nSPS) is 9.13. The molecule has 0 fully saturated rings. The molecule has 0 unspecified atom stereocenters. The Kier molecular flexibility index (Phi) is 7.87. The van der Waals surface area contributed by atoms with Crippen LogP contribution in [0.2, 0.25) is 0 Å². The summed E-state index contributed by atoms with van der Waals surface area (Å²) >= 11 is 0. The quantitative estimate of drug-likeness (QED) is 0.758. The summed E-state index contributed by atoms with van der Waals surface area (Å²) in [6.07, 6.45) is 0. The molecule has 125 valence electrons. The van der Waals surface area contributed by atoms with Crippen molar-refractivity contribution in [3.63, 3.8) is 0 Å². The van der Waals surface area contributed by atoms with Gasteiger partial charge in [0.1, 0.15) is 0 Å². The zero-order valence-electron chi connectivity index (χ0n) is 12.4. The fraction of sp³-hybridized carbons (Fsp3) is 0.125. The molecular weight excluding hydrogens is 348 g/mol. The molecule has 6 nitrogen and oxygen atoms in total. The first kappa shape index (κ1) is 20.5. The first-order valence-electron chi connectivity index (χ1n) is 6.29. The summed E-state index contributed by atoms with van der Waals surface area (Å²) < 4.78 is 0. The molecule has 0 amide bonds. The number of carboxylic acid groups (broad SMARTS) is 2. The number of rotatable bonds is 2. The molecule has 0 bridgehead atoms. The van der Waals surface area contributed by atoms with Crippen LogP contribution in [0.1, 0.15) is 31.8 Å². The first-order valence-corrected chi connectivity index (χ1v) is 6.29. The van der Waals surface area contributed by atoms with Crippen LogP contribution in [0.4, 0.5) is 11.4 Å². The Labute approximate surface area is 144 Å². The van der Waals surface area contributed by atoms with Gasteiger partial charge in [0, 0.05) is 0 Å². The zero-order valence-corrected chi connectivity index (χ0v) is 13.3. The molecule has 2 aromatic carbocycles. The second kappa shape index (κ2) is 8.82. The van der Waals surface area contributed by atoms with E-state index in [1.54, 1.807) is 26.0 Å². The summed E-state index contributed by atoms with van der Waals surface area (Å²) in [5, 5.41) is 20.7. The van der Waals surface area contributed by atoms with Crippen LogP contribution in [-0.4, -0.2) is 11.9 Å². The van der Waals surface area contributed by atoms with E-state index in [-0.39, 0.29) is 39.6 Å². The fourth-order valence-corrected chi connectivity index (χ4v) is 1.65. The molecule has 0 aliphatic carbocycles. The van der Waals surface area contributed by atoms with Crippen LogP contribution in [0.15, 0.2) is 36.4 Å². The van der Waals surface area contributed by atoms with Crippen molar-refractivity contribution in [3.05, 3.63) is 70.1 Å². The Bertz CT molecular complexity index is 656. The summed E-state index contributed by atoms with van der Waals surface area (Å²) in [6, 6.07) is 9.12. The van der Waals surface area contributed by atoms with Crippen molar-refractivity contribution in [1.82, 2.24) is 0 Å². The van der Waals surface area contributed by atoms with E-state index in [2.05, 4.69) is 0 Å². The van der Waals surface area contributed by atoms with Crippen LogP contribution in [0.5, 0.6) is 0 Å². The predicted octanol–water partition coefficient (Wildman–Crippen LogP) is 2.08. The van der Waals surface area contributed by atoms with Gasteiger partial charge in [-0.3, -0.25) is 0 Å². The van der Waals surface area contributed by atoms with E-state index in [0.29, 0.717) is 0 Å². The molecule has 7 heteroatoms. The van der Waals surface area contributed by atoms with Crippen molar-refractivity contribution in [3.8, 4) is 0 Å². The van der Waals surface area contributed by atoms with Crippen molar-refractivity contribution in [2.24, 2.45) is 0 Å². The van der Waals surface area contributed by atoms with E-state index in [1.165, 1.54) is 24.3 Å². The minimum atomic E-state index is -1.29. The molecule has 2 rings (SSSR count). The van der Waals surface area contributed by atoms with Gasteiger partial charge in [0.2, 0.25) is 0 Å². The summed E-state index contributed by atoms with van der Waals surface area (Å²) in [5.74, 6) is -2.59. The molecule has 0 saturated heterocycles. The van der Waals surface area contributed by atoms with Gasteiger partial charge in [0.15, 0.2) is 0 Å². The monoisotopic (exact) mass is 361 g/mol. The molecular formula is C16H14CuN2O4-2. The van der Waals surface area contributed by atoms with Crippen LogP contribution in [0, 0.1) is 13.8 Å². The Balaban J connectivity index is 0.000000403. The predicted molar refractivity (Wildman–Crippen MR) is 79.0 cm³/mol. The van der Waals surface area contributed by atoms with Gasteiger partial charge in [-0.25, -0.2) is 0 Å². The SMILES string of the molecule is Cc1ccc([NH-])c(C(=O)[O-])c1.Cc1ccc([NH-])c(C(=O)[O-])c1.[Cu+2]. The molecule has 0 aliphatic rings. The Morgan fingerprint density at radius 2 is 1.09 bits per heavy atom. The molecule has 0 aliphatic heterocycles. The Morgan fingerprint density at radius 1 is 0.783 bits per heavy atom. The molecule has 2 aromatic rings. The van der Waals surface area contributed by atoms with Crippen LogP contribution < -0.4 is 10.2 Å². The number of hydrogen-bond acceptors (Lipinski definition) is 4. The number of carbonyl (C=O) groups excluding carboxylic acids is 2. The number of benzene rings is 2. The van der Waals surface area contributed by atoms with E-state index in [9.17, 15) is 19.8 Å². The topological polar surface area (TPSA) is 128 Å². The molecule has 2 N–H and O–H groups in total. The van der Waals surface area contributed by atoms with Crippen LogP contribution >= 0.6 is 0 Å². The third-order valence-electron chi connectivity index (χ3n) is 2.79.